The number of quaternary nitrogens is 1. The molecule has 120 valence electrons. The molecular formula is C15H25NO4S. The van der Waals surface area contributed by atoms with Gasteiger partial charge in [-0.1, -0.05) is 36.9 Å². The third-order valence-corrected chi connectivity index (χ3v) is 3.75. The SMILES string of the molecule is C=Cc1ccc(C[N+](CC)(CC)CC)cc1.O=S(=O)([O-])O. The van der Waals surface area contributed by atoms with Crippen molar-refractivity contribution >= 4 is 16.5 Å². The Morgan fingerprint density at radius 1 is 1.14 bits per heavy atom. The molecule has 0 aliphatic carbocycles. The summed E-state index contributed by atoms with van der Waals surface area (Å²) in [5, 5.41) is 0. The van der Waals surface area contributed by atoms with Crippen LogP contribution in [0.25, 0.3) is 6.08 Å². The topological polar surface area (TPSA) is 77.4 Å². The maximum atomic E-state index is 8.63. The molecule has 0 spiro atoms. The van der Waals surface area contributed by atoms with Crippen LogP contribution in [0.4, 0.5) is 0 Å². The average Bonchev–Trinajstić information content (AvgIpc) is 2.44. The summed E-state index contributed by atoms with van der Waals surface area (Å²) in [6.07, 6.45) is 1.89. The van der Waals surface area contributed by atoms with Crippen LogP contribution < -0.4 is 0 Å². The molecule has 5 nitrogen and oxygen atoms in total. The second-order valence-electron chi connectivity index (χ2n) is 4.82. The molecule has 1 aromatic rings. The number of benzene rings is 1. The molecule has 21 heavy (non-hydrogen) atoms. The molecule has 0 aliphatic rings. The van der Waals surface area contributed by atoms with E-state index in [9.17, 15) is 0 Å². The Kier molecular flexibility index (Phi) is 8.43. The second-order valence-corrected chi connectivity index (χ2v) is 5.68. The third-order valence-electron chi connectivity index (χ3n) is 3.75. The molecule has 6 heteroatoms. The fraction of sp³-hybridized carbons (Fsp3) is 0.467. The van der Waals surface area contributed by atoms with E-state index in [1.54, 1.807) is 0 Å². The summed E-state index contributed by atoms with van der Waals surface area (Å²) in [7, 11) is -4.92. The molecule has 0 saturated heterocycles. The number of hydrogen-bond acceptors (Lipinski definition) is 3. The van der Waals surface area contributed by atoms with Crippen molar-refractivity contribution in [2.45, 2.75) is 27.3 Å². The molecule has 1 N–H and O–H groups in total. The fourth-order valence-corrected chi connectivity index (χ4v) is 2.15. The van der Waals surface area contributed by atoms with Crippen LogP contribution >= 0.6 is 0 Å². The van der Waals surface area contributed by atoms with E-state index < -0.39 is 10.4 Å². The minimum absolute atomic E-state index is 1.14. The molecule has 0 bridgehead atoms. The standard InChI is InChI=1S/C15H24N.H2O4S/c1-5-14-9-11-15(12-10-14)13-16(6-2,7-3)8-4;1-5(2,3)4/h5,9-12H,1,6-8,13H2,2-4H3;(H2,1,2,3,4)/q+1;/p-1. The molecule has 1 aromatic carbocycles. The van der Waals surface area contributed by atoms with Gasteiger partial charge >= 0.3 is 0 Å². The minimum Gasteiger partial charge on any atom is -0.726 e. The Balaban J connectivity index is 0.000000690. The molecule has 0 aliphatic heterocycles. The maximum Gasteiger partial charge on any atom is 0.215 e. The summed E-state index contributed by atoms with van der Waals surface area (Å²) >= 11 is 0. The summed E-state index contributed by atoms with van der Waals surface area (Å²) in [6, 6.07) is 8.76. The van der Waals surface area contributed by atoms with Crippen LogP contribution in [0.5, 0.6) is 0 Å². The quantitative estimate of drug-likeness (QED) is 0.497. The van der Waals surface area contributed by atoms with Gasteiger partial charge in [0.2, 0.25) is 10.4 Å². The van der Waals surface area contributed by atoms with Gasteiger partial charge in [0.15, 0.2) is 0 Å². The molecule has 0 amide bonds. The zero-order valence-corrected chi connectivity index (χ0v) is 13.8. The minimum atomic E-state index is -4.92. The molecule has 0 unspecified atom stereocenters. The zero-order valence-electron chi connectivity index (χ0n) is 12.9. The first-order chi connectivity index (χ1) is 9.69. The third kappa shape index (κ3) is 8.62. The highest BCUT2D eigenvalue weighted by atomic mass is 32.3. The molecule has 0 aromatic heterocycles. The van der Waals surface area contributed by atoms with Crippen LogP contribution in [0.2, 0.25) is 0 Å². The Morgan fingerprint density at radius 3 is 1.81 bits per heavy atom. The smallest absolute Gasteiger partial charge is 0.215 e. The molecule has 0 fully saturated rings. The van der Waals surface area contributed by atoms with Gasteiger partial charge < -0.3 is 9.04 Å². The highest BCUT2D eigenvalue weighted by Gasteiger charge is 2.20. The van der Waals surface area contributed by atoms with Crippen molar-refractivity contribution in [3.8, 4) is 0 Å². The summed E-state index contributed by atoms with van der Waals surface area (Å²) < 4.78 is 34.0. The lowest BCUT2D eigenvalue weighted by atomic mass is 10.1. The van der Waals surface area contributed by atoms with E-state index in [-0.39, 0.29) is 0 Å². The van der Waals surface area contributed by atoms with E-state index in [0.717, 1.165) is 6.54 Å². The molecular weight excluding hydrogens is 290 g/mol. The lowest BCUT2D eigenvalue weighted by Gasteiger charge is -2.35. The number of hydrogen-bond donors (Lipinski definition) is 1. The van der Waals surface area contributed by atoms with E-state index in [4.69, 9.17) is 17.5 Å². The Morgan fingerprint density at radius 2 is 1.52 bits per heavy atom. The number of rotatable bonds is 6. The monoisotopic (exact) mass is 315 g/mol. The first kappa shape index (κ1) is 19.8. The Bertz CT molecular complexity index is 503. The van der Waals surface area contributed by atoms with E-state index in [2.05, 4.69) is 51.6 Å². The van der Waals surface area contributed by atoms with Crippen molar-refractivity contribution in [3.05, 3.63) is 42.0 Å². The van der Waals surface area contributed by atoms with Crippen LogP contribution in [0.1, 0.15) is 31.9 Å². The van der Waals surface area contributed by atoms with Gasteiger partial charge in [-0.15, -0.1) is 0 Å². The fourth-order valence-electron chi connectivity index (χ4n) is 2.15. The van der Waals surface area contributed by atoms with Crippen LogP contribution in [0.15, 0.2) is 30.8 Å². The van der Waals surface area contributed by atoms with Gasteiger partial charge in [-0.25, -0.2) is 8.42 Å². The highest BCUT2D eigenvalue weighted by molar-refractivity contribution is 7.79. The molecule has 0 heterocycles. The van der Waals surface area contributed by atoms with Crippen LogP contribution in [0, 0.1) is 0 Å². The van der Waals surface area contributed by atoms with E-state index in [0.29, 0.717) is 0 Å². The summed E-state index contributed by atoms with van der Waals surface area (Å²) in [5.74, 6) is 0. The van der Waals surface area contributed by atoms with Crippen LogP contribution in [-0.2, 0) is 16.9 Å². The van der Waals surface area contributed by atoms with Gasteiger partial charge in [-0.3, -0.25) is 4.55 Å². The first-order valence-corrected chi connectivity index (χ1v) is 8.31. The van der Waals surface area contributed by atoms with Crippen molar-refractivity contribution in [3.63, 3.8) is 0 Å². The largest absolute Gasteiger partial charge is 0.726 e. The van der Waals surface area contributed by atoms with Gasteiger partial charge in [0, 0.05) is 5.56 Å². The van der Waals surface area contributed by atoms with Gasteiger partial charge in [0.25, 0.3) is 0 Å². The van der Waals surface area contributed by atoms with Gasteiger partial charge in [0.1, 0.15) is 6.54 Å². The maximum absolute atomic E-state index is 8.63. The van der Waals surface area contributed by atoms with E-state index in [1.165, 1.54) is 35.2 Å². The molecule has 1 rings (SSSR count). The summed E-state index contributed by atoms with van der Waals surface area (Å²) in [5.41, 5.74) is 2.63. The van der Waals surface area contributed by atoms with Crippen molar-refractivity contribution < 1.29 is 22.0 Å². The predicted molar refractivity (Wildman–Crippen MR) is 84.4 cm³/mol. The Hall–Kier alpha value is -1.21. The van der Waals surface area contributed by atoms with Crippen LogP contribution in [-0.4, -0.2) is 41.6 Å². The van der Waals surface area contributed by atoms with Gasteiger partial charge in [0.05, 0.1) is 19.6 Å². The van der Waals surface area contributed by atoms with Crippen molar-refractivity contribution in [1.29, 1.82) is 0 Å². The van der Waals surface area contributed by atoms with Gasteiger partial charge in [-0.05, 0) is 26.3 Å². The predicted octanol–water partition coefficient (Wildman–Crippen LogP) is 2.71. The lowest BCUT2D eigenvalue weighted by molar-refractivity contribution is -0.936. The molecule has 0 saturated carbocycles. The van der Waals surface area contributed by atoms with Crippen molar-refractivity contribution in [2.75, 3.05) is 19.6 Å². The van der Waals surface area contributed by atoms with E-state index in [1.807, 2.05) is 6.08 Å². The first-order valence-electron chi connectivity index (χ1n) is 6.94. The lowest BCUT2D eigenvalue weighted by Crippen LogP contribution is -2.46. The molecule has 0 radical (unpaired) electrons. The van der Waals surface area contributed by atoms with Gasteiger partial charge in [-0.2, -0.15) is 0 Å². The van der Waals surface area contributed by atoms with Crippen molar-refractivity contribution in [2.24, 2.45) is 0 Å². The van der Waals surface area contributed by atoms with Crippen LogP contribution in [0.3, 0.4) is 0 Å². The second kappa shape index (κ2) is 8.94. The zero-order chi connectivity index (χ0) is 16.5. The van der Waals surface area contributed by atoms with E-state index >= 15 is 0 Å². The molecule has 0 atom stereocenters. The summed E-state index contributed by atoms with van der Waals surface area (Å²) in [4.78, 5) is 0. The normalized spacial score (nSPS) is 11.5. The average molecular weight is 315 g/mol. The van der Waals surface area contributed by atoms with Crippen molar-refractivity contribution in [1.82, 2.24) is 0 Å². The summed E-state index contributed by atoms with van der Waals surface area (Å²) in [6.45, 7) is 15.4. The highest BCUT2D eigenvalue weighted by Crippen LogP contribution is 2.15. The Labute approximate surface area is 128 Å². The number of nitrogens with zero attached hydrogens (tertiary/aromatic N) is 1.